The lowest BCUT2D eigenvalue weighted by Crippen LogP contribution is -2.07. The van der Waals surface area contributed by atoms with Crippen LogP contribution in [-0.2, 0) is 13.0 Å². The van der Waals surface area contributed by atoms with E-state index in [9.17, 15) is 0 Å². The highest BCUT2D eigenvalue weighted by atomic mass is 15.1. The van der Waals surface area contributed by atoms with E-state index in [1.165, 1.54) is 0 Å². The Labute approximate surface area is 114 Å². The molecule has 0 bridgehead atoms. The largest absolute Gasteiger partial charge is 0.373 e. The third-order valence-corrected chi connectivity index (χ3v) is 3.22. The van der Waals surface area contributed by atoms with Crippen LogP contribution in [0.4, 0.5) is 5.82 Å². The monoisotopic (exact) mass is 259 g/mol. The summed E-state index contributed by atoms with van der Waals surface area (Å²) in [5.41, 5.74) is 3.18. The van der Waals surface area contributed by atoms with Crippen molar-refractivity contribution in [3.63, 3.8) is 0 Å². The van der Waals surface area contributed by atoms with Crippen molar-refractivity contribution in [3.8, 4) is 11.5 Å². The topological polar surface area (TPSA) is 55.6 Å². The third-order valence-electron chi connectivity index (χ3n) is 3.22. The number of hydrogen-bond donors (Lipinski definition) is 1. The molecule has 19 heavy (non-hydrogen) atoms. The molecule has 0 aromatic carbocycles. The molecule has 0 radical (unpaired) electrons. The van der Waals surface area contributed by atoms with E-state index in [0.717, 1.165) is 48.0 Å². The minimum atomic E-state index is 0.748. The molecule has 5 nitrogen and oxygen atoms in total. The molecule has 0 saturated heterocycles. The van der Waals surface area contributed by atoms with Gasteiger partial charge in [0.05, 0.1) is 12.5 Å². The predicted octanol–water partition coefficient (Wildman–Crippen LogP) is 2.66. The standard InChI is InChI=1S/C14H21N5/c1-5-7-19-9-16-8-12(19)14-17-11(6-2)10(3)13(15-4)18-14/h8-9H,5-7H2,1-4H3,(H,15,17,18). The molecule has 1 N–H and O–H groups in total. The molecule has 0 fully saturated rings. The molecule has 0 spiro atoms. The SMILES string of the molecule is CCCn1cncc1-c1nc(CC)c(C)c(NC)n1. The summed E-state index contributed by atoms with van der Waals surface area (Å²) in [6.07, 6.45) is 5.64. The summed E-state index contributed by atoms with van der Waals surface area (Å²) in [5, 5.41) is 3.14. The second kappa shape index (κ2) is 5.82. The van der Waals surface area contributed by atoms with E-state index in [1.807, 2.05) is 19.6 Å². The Morgan fingerprint density at radius 3 is 2.68 bits per heavy atom. The van der Waals surface area contributed by atoms with E-state index >= 15 is 0 Å². The van der Waals surface area contributed by atoms with Crippen LogP contribution in [0.2, 0.25) is 0 Å². The van der Waals surface area contributed by atoms with Crippen molar-refractivity contribution in [1.82, 2.24) is 19.5 Å². The van der Waals surface area contributed by atoms with E-state index in [4.69, 9.17) is 0 Å². The van der Waals surface area contributed by atoms with E-state index in [1.54, 1.807) is 0 Å². The Kier molecular flexibility index (Phi) is 4.14. The molecule has 0 aliphatic carbocycles. The van der Waals surface area contributed by atoms with Gasteiger partial charge in [-0.25, -0.2) is 15.0 Å². The smallest absolute Gasteiger partial charge is 0.180 e. The van der Waals surface area contributed by atoms with Crippen LogP contribution in [-0.4, -0.2) is 26.6 Å². The average Bonchev–Trinajstić information content (AvgIpc) is 2.88. The molecule has 2 rings (SSSR count). The normalized spacial score (nSPS) is 10.7. The second-order valence-corrected chi connectivity index (χ2v) is 4.54. The van der Waals surface area contributed by atoms with E-state index in [-0.39, 0.29) is 0 Å². The first-order valence-electron chi connectivity index (χ1n) is 6.77. The molecular weight excluding hydrogens is 238 g/mol. The maximum atomic E-state index is 4.67. The first-order valence-corrected chi connectivity index (χ1v) is 6.77. The van der Waals surface area contributed by atoms with Gasteiger partial charge in [0.2, 0.25) is 0 Å². The lowest BCUT2D eigenvalue weighted by atomic mass is 10.2. The van der Waals surface area contributed by atoms with Crippen LogP contribution in [0.1, 0.15) is 31.5 Å². The molecule has 5 heteroatoms. The highest BCUT2D eigenvalue weighted by Crippen LogP contribution is 2.22. The zero-order valence-corrected chi connectivity index (χ0v) is 12.1. The molecule has 102 valence electrons. The number of aromatic nitrogens is 4. The van der Waals surface area contributed by atoms with Gasteiger partial charge in [0, 0.05) is 24.8 Å². The molecule has 0 aliphatic rings. The lowest BCUT2D eigenvalue weighted by Gasteiger charge is -2.12. The number of aryl methyl sites for hydroxylation is 2. The summed E-state index contributed by atoms with van der Waals surface area (Å²) in [6, 6.07) is 0. The van der Waals surface area contributed by atoms with Crippen molar-refractivity contribution in [3.05, 3.63) is 23.8 Å². The Morgan fingerprint density at radius 2 is 2.05 bits per heavy atom. The van der Waals surface area contributed by atoms with Crippen molar-refractivity contribution in [2.45, 2.75) is 40.2 Å². The zero-order valence-electron chi connectivity index (χ0n) is 12.1. The lowest BCUT2D eigenvalue weighted by molar-refractivity contribution is 0.681. The Morgan fingerprint density at radius 1 is 1.26 bits per heavy atom. The number of rotatable bonds is 5. The summed E-state index contributed by atoms with van der Waals surface area (Å²) < 4.78 is 2.10. The Balaban J connectivity index is 2.52. The number of nitrogens with one attached hydrogen (secondary N) is 1. The van der Waals surface area contributed by atoms with Gasteiger partial charge < -0.3 is 9.88 Å². The maximum Gasteiger partial charge on any atom is 0.180 e. The number of hydrogen-bond acceptors (Lipinski definition) is 4. The summed E-state index contributed by atoms with van der Waals surface area (Å²) in [4.78, 5) is 13.5. The average molecular weight is 259 g/mol. The first kappa shape index (κ1) is 13.5. The van der Waals surface area contributed by atoms with Crippen LogP contribution in [0.5, 0.6) is 0 Å². The van der Waals surface area contributed by atoms with Crippen LogP contribution >= 0.6 is 0 Å². The van der Waals surface area contributed by atoms with Crippen molar-refractivity contribution >= 4 is 5.82 Å². The van der Waals surface area contributed by atoms with Gasteiger partial charge in [-0.2, -0.15) is 0 Å². The molecule has 0 amide bonds. The van der Waals surface area contributed by atoms with Crippen LogP contribution in [0.25, 0.3) is 11.5 Å². The number of anilines is 1. The van der Waals surface area contributed by atoms with Gasteiger partial charge in [-0.1, -0.05) is 13.8 Å². The van der Waals surface area contributed by atoms with Gasteiger partial charge in [0.25, 0.3) is 0 Å². The zero-order chi connectivity index (χ0) is 13.8. The van der Waals surface area contributed by atoms with Gasteiger partial charge in [-0.05, 0) is 19.8 Å². The van der Waals surface area contributed by atoms with Crippen LogP contribution in [0.15, 0.2) is 12.5 Å². The minimum Gasteiger partial charge on any atom is -0.373 e. The molecule has 0 atom stereocenters. The fraction of sp³-hybridized carbons (Fsp3) is 0.500. The molecule has 0 aliphatic heterocycles. The summed E-state index contributed by atoms with van der Waals surface area (Å²) in [6.45, 7) is 7.25. The summed E-state index contributed by atoms with van der Waals surface area (Å²) >= 11 is 0. The maximum absolute atomic E-state index is 4.67. The fourth-order valence-corrected chi connectivity index (χ4v) is 2.19. The quantitative estimate of drug-likeness (QED) is 0.897. The van der Waals surface area contributed by atoms with E-state index in [2.05, 4.69) is 45.6 Å². The molecule has 2 aromatic rings. The summed E-state index contributed by atoms with van der Waals surface area (Å²) in [5.74, 6) is 1.64. The van der Waals surface area contributed by atoms with Crippen LogP contribution in [0.3, 0.4) is 0 Å². The molecule has 0 unspecified atom stereocenters. The highest BCUT2D eigenvalue weighted by molar-refractivity contribution is 5.56. The molecule has 0 saturated carbocycles. The minimum absolute atomic E-state index is 0.748. The Hall–Kier alpha value is -1.91. The number of imidazole rings is 1. The predicted molar refractivity (Wildman–Crippen MR) is 77.2 cm³/mol. The third kappa shape index (κ3) is 2.59. The molecule has 2 aromatic heterocycles. The second-order valence-electron chi connectivity index (χ2n) is 4.54. The van der Waals surface area contributed by atoms with Crippen molar-refractivity contribution in [2.75, 3.05) is 12.4 Å². The van der Waals surface area contributed by atoms with Gasteiger partial charge in [-0.3, -0.25) is 0 Å². The molecular formula is C14H21N5. The van der Waals surface area contributed by atoms with Gasteiger partial charge >= 0.3 is 0 Å². The van der Waals surface area contributed by atoms with E-state index < -0.39 is 0 Å². The molecule has 2 heterocycles. The van der Waals surface area contributed by atoms with Crippen LogP contribution < -0.4 is 5.32 Å². The van der Waals surface area contributed by atoms with Crippen LogP contribution in [0, 0.1) is 6.92 Å². The first-order chi connectivity index (χ1) is 9.21. The van der Waals surface area contributed by atoms with Gasteiger partial charge in [0.15, 0.2) is 5.82 Å². The van der Waals surface area contributed by atoms with Crippen molar-refractivity contribution in [2.24, 2.45) is 0 Å². The van der Waals surface area contributed by atoms with Crippen molar-refractivity contribution in [1.29, 1.82) is 0 Å². The van der Waals surface area contributed by atoms with Crippen molar-refractivity contribution < 1.29 is 0 Å². The highest BCUT2D eigenvalue weighted by Gasteiger charge is 2.13. The number of nitrogens with zero attached hydrogens (tertiary/aromatic N) is 4. The van der Waals surface area contributed by atoms with Gasteiger partial charge in [-0.15, -0.1) is 0 Å². The Bertz CT molecular complexity index is 534. The summed E-state index contributed by atoms with van der Waals surface area (Å²) in [7, 11) is 1.89. The fourth-order valence-electron chi connectivity index (χ4n) is 2.19. The van der Waals surface area contributed by atoms with E-state index in [0.29, 0.717) is 0 Å². The van der Waals surface area contributed by atoms with Gasteiger partial charge in [0.1, 0.15) is 11.5 Å².